The van der Waals surface area contributed by atoms with Crippen LogP contribution < -0.4 is 5.32 Å². The van der Waals surface area contributed by atoms with Crippen LogP contribution in [0.15, 0.2) is 0 Å². The van der Waals surface area contributed by atoms with Crippen molar-refractivity contribution in [2.45, 2.75) is 38.6 Å². The van der Waals surface area contributed by atoms with Crippen LogP contribution in [0.5, 0.6) is 0 Å². The molecule has 0 aromatic heterocycles. The molecule has 9 heteroatoms. The topological polar surface area (TPSA) is 91.4 Å². The van der Waals surface area contributed by atoms with Crippen LogP contribution in [-0.2, 0) is 23.9 Å². The number of hydrogen-bond donors (Lipinski definition) is 1. The van der Waals surface area contributed by atoms with E-state index in [4.69, 9.17) is 9.47 Å². The van der Waals surface area contributed by atoms with Crippen molar-refractivity contribution < 1.29 is 23.9 Å². The molecule has 0 aromatic carbocycles. The summed E-state index contributed by atoms with van der Waals surface area (Å²) < 4.78 is 10.1. The minimum absolute atomic E-state index is 0.00732. The van der Waals surface area contributed by atoms with Gasteiger partial charge < -0.3 is 19.7 Å². The van der Waals surface area contributed by atoms with Gasteiger partial charge in [0.25, 0.3) is 0 Å². The second kappa shape index (κ2) is 12.8. The van der Waals surface area contributed by atoms with Gasteiger partial charge in [0.05, 0.1) is 19.7 Å². The van der Waals surface area contributed by atoms with Gasteiger partial charge in [-0.3, -0.25) is 19.4 Å². The molecule has 2 rings (SSSR count). The largest absolute Gasteiger partial charge is 0.464 e. The van der Waals surface area contributed by atoms with E-state index in [1.807, 2.05) is 0 Å². The molecule has 0 saturated carbocycles. The lowest BCUT2D eigenvalue weighted by Crippen LogP contribution is -2.55. The number of methoxy groups -OCH3 is 1. The maximum atomic E-state index is 12.8. The summed E-state index contributed by atoms with van der Waals surface area (Å²) in [6, 6.07) is -0.445. The van der Waals surface area contributed by atoms with Crippen LogP contribution >= 0.6 is 0 Å². The van der Waals surface area contributed by atoms with E-state index in [-0.39, 0.29) is 17.8 Å². The van der Waals surface area contributed by atoms with E-state index >= 15 is 0 Å². The highest BCUT2D eigenvalue weighted by Crippen LogP contribution is 2.19. The number of likely N-dealkylation sites (tertiary alicyclic amines) is 1. The number of amides is 2. The minimum atomic E-state index is -0.445. The zero-order valence-corrected chi connectivity index (χ0v) is 17.9. The highest BCUT2D eigenvalue weighted by Gasteiger charge is 2.34. The number of nitrogens with zero attached hydrogens (tertiary/aromatic N) is 3. The number of carbonyl (C=O) groups is 3. The van der Waals surface area contributed by atoms with E-state index in [0.29, 0.717) is 45.8 Å². The van der Waals surface area contributed by atoms with E-state index in [0.717, 1.165) is 45.4 Å². The van der Waals surface area contributed by atoms with Crippen molar-refractivity contribution in [2.75, 3.05) is 72.7 Å². The van der Waals surface area contributed by atoms with E-state index in [1.165, 1.54) is 0 Å². The molecule has 2 aliphatic heterocycles. The monoisotopic (exact) mass is 412 g/mol. The third kappa shape index (κ3) is 7.91. The van der Waals surface area contributed by atoms with Gasteiger partial charge in [-0.2, -0.15) is 0 Å². The average molecular weight is 413 g/mol. The van der Waals surface area contributed by atoms with E-state index < -0.39 is 6.04 Å². The number of ether oxygens (including phenoxy) is 2. The summed E-state index contributed by atoms with van der Waals surface area (Å²) in [5, 5.41) is 2.90. The van der Waals surface area contributed by atoms with Crippen LogP contribution in [-0.4, -0.2) is 111 Å². The lowest BCUT2D eigenvalue weighted by molar-refractivity contribution is -0.157. The number of hydrogen-bond acceptors (Lipinski definition) is 7. The number of carbonyl (C=O) groups excluding carboxylic acids is 3. The lowest BCUT2D eigenvalue weighted by Gasteiger charge is -2.38. The van der Waals surface area contributed by atoms with Crippen molar-refractivity contribution in [1.82, 2.24) is 20.0 Å². The number of esters is 1. The number of nitrogens with one attached hydrogen (secondary N) is 1. The molecule has 2 saturated heterocycles. The Labute approximate surface area is 173 Å². The van der Waals surface area contributed by atoms with Gasteiger partial charge in [-0.05, 0) is 32.6 Å². The van der Waals surface area contributed by atoms with Crippen LogP contribution in [0.2, 0.25) is 0 Å². The highest BCUT2D eigenvalue weighted by atomic mass is 16.5. The van der Waals surface area contributed by atoms with Crippen molar-refractivity contribution in [3.8, 4) is 0 Å². The molecule has 9 nitrogen and oxygen atoms in total. The molecule has 2 fully saturated rings. The molecular formula is C20H36N4O5. The second-order valence-electron chi connectivity index (χ2n) is 7.60. The first-order valence-electron chi connectivity index (χ1n) is 10.7. The zero-order chi connectivity index (χ0) is 21.1. The third-order valence-electron chi connectivity index (χ3n) is 5.42. The van der Waals surface area contributed by atoms with Crippen LogP contribution in [0.3, 0.4) is 0 Å². The Bertz CT molecular complexity index is 537. The number of piperazine rings is 1. The van der Waals surface area contributed by atoms with Crippen molar-refractivity contribution in [3.63, 3.8) is 0 Å². The Morgan fingerprint density at radius 3 is 2.34 bits per heavy atom. The molecule has 0 spiro atoms. The molecule has 1 N–H and O–H groups in total. The van der Waals surface area contributed by atoms with Crippen LogP contribution in [0.25, 0.3) is 0 Å². The van der Waals surface area contributed by atoms with Gasteiger partial charge in [-0.15, -0.1) is 0 Å². The SMILES string of the molecule is CCOC(=O)C1CCCCN1C(=O)CN1CCN(CC(=O)NCCCOC)CC1. The van der Waals surface area contributed by atoms with Crippen molar-refractivity contribution in [2.24, 2.45) is 0 Å². The Morgan fingerprint density at radius 2 is 1.69 bits per heavy atom. The highest BCUT2D eigenvalue weighted by molar-refractivity contribution is 5.85. The summed E-state index contributed by atoms with van der Waals surface area (Å²) in [4.78, 5) is 42.9. The molecule has 1 atom stereocenters. The predicted octanol–water partition coefficient (Wildman–Crippen LogP) is -0.299. The molecule has 1 unspecified atom stereocenters. The summed E-state index contributed by atoms with van der Waals surface area (Å²) in [6.07, 6.45) is 3.35. The number of rotatable bonds is 10. The molecular weight excluding hydrogens is 376 g/mol. The van der Waals surface area contributed by atoms with E-state index in [1.54, 1.807) is 18.9 Å². The molecule has 0 aliphatic carbocycles. The maximum Gasteiger partial charge on any atom is 0.328 e. The summed E-state index contributed by atoms with van der Waals surface area (Å²) in [7, 11) is 1.65. The van der Waals surface area contributed by atoms with Crippen molar-refractivity contribution in [3.05, 3.63) is 0 Å². The summed E-state index contributed by atoms with van der Waals surface area (Å²) in [6.45, 7) is 7.66. The number of piperidine rings is 1. The smallest absolute Gasteiger partial charge is 0.328 e. The fraction of sp³-hybridized carbons (Fsp3) is 0.850. The van der Waals surface area contributed by atoms with Gasteiger partial charge in [-0.1, -0.05) is 0 Å². The lowest BCUT2D eigenvalue weighted by atomic mass is 10.0. The maximum absolute atomic E-state index is 12.8. The summed E-state index contributed by atoms with van der Waals surface area (Å²) in [5.41, 5.74) is 0. The molecule has 2 heterocycles. The Balaban J connectivity index is 1.71. The van der Waals surface area contributed by atoms with Crippen molar-refractivity contribution >= 4 is 17.8 Å². The average Bonchev–Trinajstić information content (AvgIpc) is 2.73. The first-order chi connectivity index (χ1) is 14.0. The zero-order valence-electron chi connectivity index (χ0n) is 17.9. The fourth-order valence-corrected chi connectivity index (χ4v) is 3.80. The van der Waals surface area contributed by atoms with E-state index in [9.17, 15) is 14.4 Å². The van der Waals surface area contributed by atoms with Gasteiger partial charge in [-0.25, -0.2) is 4.79 Å². The molecule has 2 amide bonds. The Hall–Kier alpha value is -1.71. The van der Waals surface area contributed by atoms with Gasteiger partial charge in [0.2, 0.25) is 11.8 Å². The van der Waals surface area contributed by atoms with Crippen LogP contribution in [0.1, 0.15) is 32.6 Å². The first kappa shape index (κ1) is 23.6. The fourth-order valence-electron chi connectivity index (χ4n) is 3.80. The second-order valence-corrected chi connectivity index (χ2v) is 7.60. The summed E-state index contributed by atoms with van der Waals surface area (Å²) in [5.74, 6) is -0.273. The quantitative estimate of drug-likeness (QED) is 0.389. The van der Waals surface area contributed by atoms with Crippen LogP contribution in [0, 0.1) is 0 Å². The van der Waals surface area contributed by atoms with Gasteiger partial charge in [0, 0.05) is 53.0 Å². The molecule has 0 aromatic rings. The van der Waals surface area contributed by atoms with Gasteiger partial charge in [0.15, 0.2) is 0 Å². The Morgan fingerprint density at radius 1 is 1.00 bits per heavy atom. The van der Waals surface area contributed by atoms with Gasteiger partial charge in [0.1, 0.15) is 6.04 Å². The van der Waals surface area contributed by atoms with Gasteiger partial charge >= 0.3 is 5.97 Å². The standard InChI is InChI=1S/C20H36N4O5/c1-3-29-20(27)17-7-4-5-9-24(17)19(26)16-23-12-10-22(11-13-23)15-18(25)21-8-6-14-28-2/h17H,3-16H2,1-2H3,(H,21,25). The predicted molar refractivity (Wildman–Crippen MR) is 108 cm³/mol. The molecule has 29 heavy (non-hydrogen) atoms. The third-order valence-corrected chi connectivity index (χ3v) is 5.42. The minimum Gasteiger partial charge on any atom is -0.464 e. The normalized spacial score (nSPS) is 21.0. The first-order valence-corrected chi connectivity index (χ1v) is 10.7. The Kier molecular flexibility index (Phi) is 10.4. The molecule has 0 bridgehead atoms. The van der Waals surface area contributed by atoms with Crippen molar-refractivity contribution in [1.29, 1.82) is 0 Å². The molecule has 0 radical (unpaired) electrons. The molecule has 166 valence electrons. The van der Waals surface area contributed by atoms with E-state index in [2.05, 4.69) is 15.1 Å². The molecule has 2 aliphatic rings. The van der Waals surface area contributed by atoms with Crippen LogP contribution in [0.4, 0.5) is 0 Å². The summed E-state index contributed by atoms with van der Waals surface area (Å²) >= 11 is 0.